The molecule has 0 aliphatic carbocycles. The molecule has 0 fully saturated rings. The first-order valence-electron chi connectivity index (χ1n) is 10.2. The Labute approximate surface area is 196 Å². The SMILES string of the molecule is CC(C)C(NC(=O)C(N)Cc1ccccc1)C(=O)NC(CS)C(=O)NC(CC(=O)O)C(=O)O. The van der Waals surface area contributed by atoms with Crippen molar-refractivity contribution < 1.29 is 34.2 Å². The zero-order valence-electron chi connectivity index (χ0n) is 18.4. The first-order valence-corrected chi connectivity index (χ1v) is 10.9. The summed E-state index contributed by atoms with van der Waals surface area (Å²) in [5, 5.41) is 24.9. The Morgan fingerprint density at radius 3 is 1.97 bits per heavy atom. The molecule has 33 heavy (non-hydrogen) atoms. The molecule has 0 aliphatic heterocycles. The molecule has 0 heterocycles. The summed E-state index contributed by atoms with van der Waals surface area (Å²) in [4.78, 5) is 59.7. The number of carboxylic acid groups (broad SMARTS) is 2. The van der Waals surface area contributed by atoms with Crippen LogP contribution < -0.4 is 21.7 Å². The Kier molecular flexibility index (Phi) is 11.4. The van der Waals surface area contributed by atoms with Crippen LogP contribution in [0.2, 0.25) is 0 Å². The molecule has 0 bridgehead atoms. The summed E-state index contributed by atoms with van der Waals surface area (Å²) in [6.07, 6.45) is -0.570. The van der Waals surface area contributed by atoms with Gasteiger partial charge in [-0.1, -0.05) is 44.2 Å². The summed E-state index contributed by atoms with van der Waals surface area (Å²) in [5.74, 6) is -5.65. The Bertz CT molecular complexity index is 850. The Morgan fingerprint density at radius 2 is 1.48 bits per heavy atom. The van der Waals surface area contributed by atoms with Gasteiger partial charge in [0, 0.05) is 5.75 Å². The van der Waals surface area contributed by atoms with Gasteiger partial charge in [0.1, 0.15) is 18.1 Å². The van der Waals surface area contributed by atoms with Crippen LogP contribution in [0.4, 0.5) is 0 Å². The fourth-order valence-electron chi connectivity index (χ4n) is 2.86. The molecule has 0 aromatic heterocycles. The van der Waals surface area contributed by atoms with Crippen molar-refractivity contribution in [3.63, 3.8) is 0 Å². The molecular formula is C21H30N4O7S. The fraction of sp³-hybridized carbons (Fsp3) is 0.476. The maximum absolute atomic E-state index is 12.8. The monoisotopic (exact) mass is 482 g/mol. The van der Waals surface area contributed by atoms with Crippen LogP contribution in [0, 0.1) is 5.92 Å². The number of nitrogens with two attached hydrogens (primary N) is 1. The summed E-state index contributed by atoms with van der Waals surface area (Å²) < 4.78 is 0. The number of nitrogens with one attached hydrogen (secondary N) is 3. The van der Waals surface area contributed by atoms with Gasteiger partial charge in [-0.05, 0) is 17.9 Å². The Balaban J connectivity index is 2.80. The quantitative estimate of drug-likeness (QED) is 0.177. The van der Waals surface area contributed by atoms with Gasteiger partial charge in [-0.2, -0.15) is 12.6 Å². The highest BCUT2D eigenvalue weighted by molar-refractivity contribution is 7.80. The van der Waals surface area contributed by atoms with Crippen molar-refractivity contribution in [3.05, 3.63) is 35.9 Å². The van der Waals surface area contributed by atoms with E-state index in [1.165, 1.54) is 0 Å². The second kappa shape index (κ2) is 13.4. The topological polar surface area (TPSA) is 188 Å². The van der Waals surface area contributed by atoms with E-state index >= 15 is 0 Å². The van der Waals surface area contributed by atoms with Crippen molar-refractivity contribution in [3.8, 4) is 0 Å². The smallest absolute Gasteiger partial charge is 0.326 e. The molecule has 12 heteroatoms. The van der Waals surface area contributed by atoms with Crippen molar-refractivity contribution in [1.29, 1.82) is 0 Å². The van der Waals surface area contributed by atoms with Crippen LogP contribution in [0.15, 0.2) is 30.3 Å². The Hall–Kier alpha value is -3.12. The van der Waals surface area contributed by atoms with E-state index < -0.39 is 60.2 Å². The highest BCUT2D eigenvalue weighted by Crippen LogP contribution is 2.06. The molecule has 182 valence electrons. The third-order valence-corrected chi connectivity index (χ3v) is 5.06. The van der Waals surface area contributed by atoms with E-state index in [1.807, 2.05) is 30.3 Å². The lowest BCUT2D eigenvalue weighted by molar-refractivity contribution is -0.147. The standard InChI is InChI=1S/C21H30N4O7S/c1-11(2)17(25-18(28)13(22)8-12-6-4-3-5-7-12)20(30)24-15(10-33)19(29)23-14(21(31)32)9-16(26)27/h3-7,11,13-15,17,33H,8-10,22H2,1-2H3,(H,23,29)(H,24,30)(H,25,28)(H,26,27)(H,31,32). The predicted octanol–water partition coefficient (Wildman–Crippen LogP) is -0.844. The predicted molar refractivity (Wildman–Crippen MR) is 122 cm³/mol. The normalized spacial score (nSPS) is 14.5. The van der Waals surface area contributed by atoms with E-state index in [4.69, 9.17) is 15.9 Å². The molecule has 0 saturated carbocycles. The third kappa shape index (κ3) is 9.49. The summed E-state index contributed by atoms with van der Waals surface area (Å²) >= 11 is 4.01. The number of hydrogen-bond donors (Lipinski definition) is 7. The average molecular weight is 483 g/mol. The fourth-order valence-corrected chi connectivity index (χ4v) is 3.12. The molecule has 0 aliphatic rings. The molecule has 7 N–H and O–H groups in total. The van der Waals surface area contributed by atoms with Gasteiger partial charge in [0.25, 0.3) is 0 Å². The highest BCUT2D eigenvalue weighted by Gasteiger charge is 2.31. The van der Waals surface area contributed by atoms with Gasteiger partial charge in [-0.15, -0.1) is 0 Å². The minimum absolute atomic E-state index is 0.191. The molecule has 4 unspecified atom stereocenters. The average Bonchev–Trinajstić information content (AvgIpc) is 2.74. The zero-order chi connectivity index (χ0) is 25.1. The van der Waals surface area contributed by atoms with Gasteiger partial charge in [-0.3, -0.25) is 19.2 Å². The lowest BCUT2D eigenvalue weighted by Crippen LogP contribution is -2.59. The van der Waals surface area contributed by atoms with E-state index in [9.17, 15) is 24.0 Å². The first-order chi connectivity index (χ1) is 15.5. The molecule has 0 spiro atoms. The summed E-state index contributed by atoms with van der Waals surface area (Å²) in [6, 6.07) is 4.26. The minimum Gasteiger partial charge on any atom is -0.481 e. The summed E-state index contributed by atoms with van der Waals surface area (Å²) in [7, 11) is 0. The van der Waals surface area contributed by atoms with E-state index in [0.717, 1.165) is 5.56 Å². The number of carbonyl (C=O) groups excluding carboxylic acids is 3. The number of aliphatic carboxylic acids is 2. The number of rotatable bonds is 13. The van der Waals surface area contributed by atoms with Gasteiger partial charge in [-0.25, -0.2) is 4.79 Å². The molecule has 3 amide bonds. The van der Waals surface area contributed by atoms with Crippen molar-refractivity contribution >= 4 is 42.3 Å². The number of carbonyl (C=O) groups is 5. The number of amides is 3. The van der Waals surface area contributed by atoms with Crippen LogP contribution in [0.3, 0.4) is 0 Å². The van der Waals surface area contributed by atoms with E-state index in [1.54, 1.807) is 13.8 Å². The lowest BCUT2D eigenvalue weighted by Gasteiger charge is -2.26. The van der Waals surface area contributed by atoms with Crippen molar-refractivity contribution in [2.24, 2.45) is 11.7 Å². The molecular weight excluding hydrogens is 452 g/mol. The van der Waals surface area contributed by atoms with E-state index in [2.05, 4.69) is 28.6 Å². The Morgan fingerprint density at radius 1 is 0.909 bits per heavy atom. The van der Waals surface area contributed by atoms with Gasteiger partial charge in [0.05, 0.1) is 12.5 Å². The van der Waals surface area contributed by atoms with E-state index in [0.29, 0.717) is 0 Å². The maximum Gasteiger partial charge on any atom is 0.326 e. The van der Waals surface area contributed by atoms with Crippen LogP contribution in [0.25, 0.3) is 0 Å². The minimum atomic E-state index is -1.68. The second-order valence-electron chi connectivity index (χ2n) is 7.77. The van der Waals surface area contributed by atoms with Crippen LogP contribution in [-0.2, 0) is 30.4 Å². The molecule has 4 atom stereocenters. The van der Waals surface area contributed by atoms with Crippen molar-refractivity contribution in [2.45, 2.75) is 50.9 Å². The molecule has 11 nitrogen and oxygen atoms in total. The van der Waals surface area contributed by atoms with Gasteiger partial charge in [0.15, 0.2) is 0 Å². The molecule has 0 radical (unpaired) electrons. The van der Waals surface area contributed by atoms with Crippen LogP contribution in [-0.4, -0.2) is 69.8 Å². The second-order valence-corrected chi connectivity index (χ2v) is 8.13. The third-order valence-electron chi connectivity index (χ3n) is 4.69. The van der Waals surface area contributed by atoms with Crippen LogP contribution in [0.5, 0.6) is 0 Å². The molecule has 1 aromatic rings. The largest absolute Gasteiger partial charge is 0.481 e. The first kappa shape index (κ1) is 27.9. The number of benzene rings is 1. The van der Waals surface area contributed by atoms with Crippen molar-refractivity contribution in [2.75, 3.05) is 5.75 Å². The van der Waals surface area contributed by atoms with Gasteiger partial charge < -0.3 is 31.9 Å². The molecule has 0 saturated heterocycles. The number of carboxylic acids is 2. The van der Waals surface area contributed by atoms with Gasteiger partial charge in [0.2, 0.25) is 17.7 Å². The number of thiol groups is 1. The van der Waals surface area contributed by atoms with Crippen molar-refractivity contribution in [1.82, 2.24) is 16.0 Å². The summed E-state index contributed by atoms with van der Waals surface area (Å²) in [6.45, 7) is 3.38. The van der Waals surface area contributed by atoms with Gasteiger partial charge >= 0.3 is 11.9 Å². The number of hydrogen-bond acceptors (Lipinski definition) is 7. The van der Waals surface area contributed by atoms with Crippen LogP contribution in [0.1, 0.15) is 25.8 Å². The zero-order valence-corrected chi connectivity index (χ0v) is 19.2. The molecule has 1 rings (SSSR count). The summed E-state index contributed by atoms with van der Waals surface area (Å²) in [5.41, 5.74) is 6.83. The van der Waals surface area contributed by atoms with E-state index in [-0.39, 0.29) is 18.1 Å². The maximum atomic E-state index is 12.8. The van der Waals surface area contributed by atoms with Crippen LogP contribution >= 0.6 is 12.6 Å². The highest BCUT2D eigenvalue weighted by atomic mass is 32.1. The molecule has 1 aromatic carbocycles. The lowest BCUT2D eigenvalue weighted by atomic mass is 10.0.